The highest BCUT2D eigenvalue weighted by Crippen LogP contribution is 2.55. The van der Waals surface area contributed by atoms with E-state index < -0.39 is 11.3 Å². The summed E-state index contributed by atoms with van der Waals surface area (Å²) in [5.41, 5.74) is 0. The van der Waals surface area contributed by atoms with Crippen LogP contribution in [0.25, 0.3) is 0 Å². The molecule has 2 saturated carbocycles. The Morgan fingerprint density at radius 1 is 1.35 bits per heavy atom. The highest BCUT2D eigenvalue weighted by molar-refractivity contribution is 6.30. The molecule has 2 fully saturated rings. The van der Waals surface area contributed by atoms with Crippen LogP contribution in [0, 0.1) is 17.8 Å². The first kappa shape index (κ1) is 12.7. The number of ether oxygens (including phenoxy) is 1. The first-order valence-electron chi connectivity index (χ1n) is 6.14. The SMILES string of the molecule is COC(=O)C(Cl)CNC(=O)C1C2CCCCC21. The molecule has 5 heteroatoms. The molecule has 0 heterocycles. The van der Waals surface area contributed by atoms with Crippen molar-refractivity contribution >= 4 is 23.5 Å². The van der Waals surface area contributed by atoms with Crippen LogP contribution in [0.15, 0.2) is 0 Å². The lowest BCUT2D eigenvalue weighted by Crippen LogP contribution is -2.35. The minimum absolute atomic E-state index is 0.0523. The van der Waals surface area contributed by atoms with Crippen LogP contribution < -0.4 is 5.32 Å². The number of hydrogen-bond acceptors (Lipinski definition) is 3. The number of nitrogens with one attached hydrogen (secondary N) is 1. The van der Waals surface area contributed by atoms with E-state index in [0.29, 0.717) is 11.8 Å². The minimum atomic E-state index is -0.787. The van der Waals surface area contributed by atoms with Crippen LogP contribution in [0.4, 0.5) is 0 Å². The summed E-state index contributed by atoms with van der Waals surface area (Å²) in [6.07, 6.45) is 4.82. The van der Waals surface area contributed by atoms with Gasteiger partial charge in [0.2, 0.25) is 5.91 Å². The fourth-order valence-electron chi connectivity index (χ4n) is 2.90. The van der Waals surface area contributed by atoms with Crippen LogP contribution in [-0.2, 0) is 14.3 Å². The van der Waals surface area contributed by atoms with Gasteiger partial charge in [-0.1, -0.05) is 12.8 Å². The molecule has 3 atom stereocenters. The zero-order chi connectivity index (χ0) is 12.4. The monoisotopic (exact) mass is 259 g/mol. The van der Waals surface area contributed by atoms with Gasteiger partial charge in [-0.15, -0.1) is 11.6 Å². The van der Waals surface area contributed by atoms with Crippen molar-refractivity contribution in [1.82, 2.24) is 5.32 Å². The first-order valence-corrected chi connectivity index (χ1v) is 6.58. The average Bonchev–Trinajstić information content (AvgIpc) is 3.08. The van der Waals surface area contributed by atoms with Crippen LogP contribution in [-0.4, -0.2) is 30.9 Å². The third-order valence-corrected chi connectivity index (χ3v) is 4.20. The second-order valence-electron chi connectivity index (χ2n) is 4.87. The molecule has 0 aliphatic heterocycles. The molecule has 17 heavy (non-hydrogen) atoms. The molecule has 2 rings (SSSR count). The van der Waals surface area contributed by atoms with Gasteiger partial charge in [0.1, 0.15) is 5.38 Å². The highest BCUT2D eigenvalue weighted by Gasteiger charge is 2.54. The lowest BCUT2D eigenvalue weighted by molar-refractivity contribution is -0.140. The van der Waals surface area contributed by atoms with Crippen molar-refractivity contribution < 1.29 is 14.3 Å². The molecule has 0 aromatic heterocycles. The molecule has 2 aliphatic carbocycles. The van der Waals surface area contributed by atoms with Crippen LogP contribution in [0.1, 0.15) is 25.7 Å². The Hall–Kier alpha value is -0.770. The van der Waals surface area contributed by atoms with Crippen LogP contribution in [0.2, 0.25) is 0 Å². The summed E-state index contributed by atoms with van der Waals surface area (Å²) in [6, 6.07) is 0. The van der Waals surface area contributed by atoms with Gasteiger partial charge >= 0.3 is 5.97 Å². The Balaban J connectivity index is 1.73. The predicted molar refractivity (Wildman–Crippen MR) is 63.6 cm³/mol. The standard InChI is InChI=1S/C12H18ClNO3/c1-17-12(16)9(13)6-14-11(15)10-7-4-2-3-5-8(7)10/h7-10H,2-6H2,1H3,(H,14,15). The molecule has 0 saturated heterocycles. The largest absolute Gasteiger partial charge is 0.468 e. The fourth-order valence-corrected chi connectivity index (χ4v) is 3.07. The number of hydrogen-bond donors (Lipinski definition) is 1. The van der Waals surface area contributed by atoms with Crippen molar-refractivity contribution in [2.45, 2.75) is 31.1 Å². The van der Waals surface area contributed by atoms with Gasteiger partial charge in [-0.25, -0.2) is 0 Å². The fraction of sp³-hybridized carbons (Fsp3) is 0.833. The molecule has 1 amide bonds. The number of methoxy groups -OCH3 is 1. The van der Waals surface area contributed by atoms with E-state index in [1.807, 2.05) is 0 Å². The zero-order valence-corrected chi connectivity index (χ0v) is 10.7. The molecule has 1 N–H and O–H groups in total. The summed E-state index contributed by atoms with van der Waals surface area (Å²) in [5.74, 6) is 0.877. The molecule has 0 aromatic carbocycles. The number of esters is 1. The molecular weight excluding hydrogens is 242 g/mol. The van der Waals surface area contributed by atoms with Crippen molar-refractivity contribution in [2.24, 2.45) is 17.8 Å². The first-order chi connectivity index (χ1) is 8.15. The Morgan fingerprint density at radius 3 is 2.47 bits per heavy atom. The molecular formula is C12H18ClNO3. The number of amides is 1. The number of rotatable bonds is 4. The maximum absolute atomic E-state index is 11.9. The summed E-state index contributed by atoms with van der Waals surface area (Å²) in [5, 5.41) is 1.96. The molecule has 96 valence electrons. The van der Waals surface area contributed by atoms with E-state index in [-0.39, 0.29) is 18.4 Å². The van der Waals surface area contributed by atoms with E-state index >= 15 is 0 Å². The van der Waals surface area contributed by atoms with Gasteiger partial charge in [-0.05, 0) is 24.7 Å². The van der Waals surface area contributed by atoms with Crippen LogP contribution in [0.5, 0.6) is 0 Å². The van der Waals surface area contributed by atoms with Gasteiger partial charge in [0.15, 0.2) is 0 Å². The summed E-state index contributed by atoms with van der Waals surface area (Å²) in [6.45, 7) is 0.156. The van der Waals surface area contributed by atoms with Crippen LogP contribution in [0.3, 0.4) is 0 Å². The minimum Gasteiger partial charge on any atom is -0.468 e. The van der Waals surface area contributed by atoms with E-state index in [0.717, 1.165) is 0 Å². The lowest BCUT2D eigenvalue weighted by Gasteiger charge is -2.08. The van der Waals surface area contributed by atoms with Crippen LogP contribution >= 0.6 is 11.6 Å². The van der Waals surface area contributed by atoms with E-state index in [1.165, 1.54) is 32.8 Å². The molecule has 4 nitrogen and oxygen atoms in total. The maximum Gasteiger partial charge on any atom is 0.325 e. The Bertz CT molecular complexity index is 309. The molecule has 0 bridgehead atoms. The summed E-state index contributed by atoms with van der Waals surface area (Å²) in [7, 11) is 1.29. The zero-order valence-electron chi connectivity index (χ0n) is 9.95. The van der Waals surface area contributed by atoms with Gasteiger partial charge in [0, 0.05) is 12.5 Å². The van der Waals surface area contributed by atoms with Gasteiger partial charge < -0.3 is 10.1 Å². The molecule has 0 aromatic rings. The number of carbonyl (C=O) groups excluding carboxylic acids is 2. The maximum atomic E-state index is 11.9. The molecule has 0 radical (unpaired) electrons. The topological polar surface area (TPSA) is 55.4 Å². The average molecular weight is 260 g/mol. The van der Waals surface area contributed by atoms with Gasteiger partial charge in [0.05, 0.1) is 7.11 Å². The van der Waals surface area contributed by atoms with Crippen molar-refractivity contribution in [3.63, 3.8) is 0 Å². The smallest absolute Gasteiger partial charge is 0.325 e. The molecule has 3 unspecified atom stereocenters. The molecule has 2 aliphatic rings. The summed E-state index contributed by atoms with van der Waals surface area (Å²) < 4.78 is 4.49. The third kappa shape index (κ3) is 2.73. The van der Waals surface area contributed by atoms with Gasteiger partial charge in [0.25, 0.3) is 0 Å². The van der Waals surface area contributed by atoms with Gasteiger partial charge in [-0.3, -0.25) is 9.59 Å². The Kier molecular flexibility index (Phi) is 3.92. The second kappa shape index (κ2) is 5.25. The lowest BCUT2D eigenvalue weighted by atomic mass is 10.0. The van der Waals surface area contributed by atoms with E-state index in [2.05, 4.69) is 10.1 Å². The van der Waals surface area contributed by atoms with Crippen molar-refractivity contribution in [1.29, 1.82) is 0 Å². The van der Waals surface area contributed by atoms with E-state index in [1.54, 1.807) is 0 Å². The summed E-state index contributed by atoms with van der Waals surface area (Å²) >= 11 is 5.76. The van der Waals surface area contributed by atoms with E-state index in [9.17, 15) is 9.59 Å². The Morgan fingerprint density at radius 2 is 1.94 bits per heavy atom. The number of alkyl halides is 1. The van der Waals surface area contributed by atoms with Gasteiger partial charge in [-0.2, -0.15) is 0 Å². The highest BCUT2D eigenvalue weighted by atomic mass is 35.5. The summed E-state index contributed by atoms with van der Waals surface area (Å²) in [4.78, 5) is 22.9. The third-order valence-electron chi connectivity index (χ3n) is 3.87. The second-order valence-corrected chi connectivity index (χ2v) is 5.40. The van der Waals surface area contributed by atoms with E-state index in [4.69, 9.17) is 11.6 Å². The number of halogens is 1. The van der Waals surface area contributed by atoms with Crippen molar-refractivity contribution in [3.05, 3.63) is 0 Å². The quantitative estimate of drug-likeness (QED) is 0.612. The number of fused-ring (bicyclic) bond motifs is 1. The predicted octanol–water partition coefficient (Wildman–Crippen LogP) is 1.32. The van der Waals surface area contributed by atoms with Crippen molar-refractivity contribution in [2.75, 3.05) is 13.7 Å². The van der Waals surface area contributed by atoms with Crippen molar-refractivity contribution in [3.8, 4) is 0 Å². The molecule has 0 spiro atoms. The normalized spacial score (nSPS) is 32.2. The Labute approximate surface area is 106 Å². The number of carbonyl (C=O) groups is 2.